The van der Waals surface area contributed by atoms with Crippen LogP contribution in [-0.4, -0.2) is 44.1 Å². The predicted molar refractivity (Wildman–Crippen MR) is 97.8 cm³/mol. The van der Waals surface area contributed by atoms with Gasteiger partial charge < -0.3 is 15.5 Å². The van der Waals surface area contributed by atoms with Gasteiger partial charge in [0.2, 0.25) is 0 Å². The first-order valence-electron chi connectivity index (χ1n) is 6.91. The Bertz CT molecular complexity index is 420. The minimum atomic E-state index is -0.193. The highest BCUT2D eigenvalue weighted by Crippen LogP contribution is 2.04. The van der Waals surface area contributed by atoms with Crippen molar-refractivity contribution >= 4 is 29.9 Å². The molecule has 0 atom stereocenters. The molecule has 1 aromatic carbocycles. The quantitative estimate of drug-likeness (QED) is 0.432. The van der Waals surface area contributed by atoms with E-state index in [2.05, 4.69) is 34.4 Å². The van der Waals surface area contributed by atoms with Gasteiger partial charge in [-0.2, -0.15) is 0 Å². The average Bonchev–Trinajstić information content (AvgIpc) is 2.40. The van der Waals surface area contributed by atoms with E-state index in [1.807, 2.05) is 19.2 Å². The minimum Gasteiger partial charge on any atom is -0.355 e. The number of guanidine groups is 1. The Morgan fingerprint density at radius 2 is 1.90 bits per heavy atom. The first kappa shape index (κ1) is 20.1. The lowest BCUT2D eigenvalue weighted by atomic mass is 10.2. The average molecular weight is 408 g/mol. The molecule has 0 aliphatic rings. The van der Waals surface area contributed by atoms with Gasteiger partial charge in [-0.05, 0) is 38.6 Å². The Morgan fingerprint density at radius 1 is 1.29 bits per heavy atom. The van der Waals surface area contributed by atoms with E-state index in [1.54, 1.807) is 7.05 Å². The summed E-state index contributed by atoms with van der Waals surface area (Å²) in [6.45, 7) is 6.65. The topological polar surface area (TPSA) is 39.7 Å². The fourth-order valence-corrected chi connectivity index (χ4v) is 1.81. The number of hydrogen-bond acceptors (Lipinski definition) is 2. The first-order chi connectivity index (χ1) is 9.51. The van der Waals surface area contributed by atoms with E-state index in [0.717, 1.165) is 31.2 Å². The number of aliphatic imine (C=N–C) groups is 1. The van der Waals surface area contributed by atoms with Crippen LogP contribution in [0.15, 0.2) is 29.3 Å². The monoisotopic (exact) mass is 408 g/mol. The van der Waals surface area contributed by atoms with Crippen LogP contribution in [0.4, 0.5) is 4.39 Å². The largest absolute Gasteiger partial charge is 0.355 e. The number of benzene rings is 1. The van der Waals surface area contributed by atoms with Crippen LogP contribution in [0.3, 0.4) is 0 Å². The zero-order chi connectivity index (χ0) is 15.0. The van der Waals surface area contributed by atoms with Crippen molar-refractivity contribution < 1.29 is 4.39 Å². The molecule has 6 heteroatoms. The highest BCUT2D eigenvalue weighted by molar-refractivity contribution is 14.0. The third kappa shape index (κ3) is 8.87. The Balaban J connectivity index is 0.00000400. The van der Waals surface area contributed by atoms with Gasteiger partial charge in [-0.3, -0.25) is 4.99 Å². The first-order valence-corrected chi connectivity index (χ1v) is 6.91. The fraction of sp³-hybridized carbons (Fsp3) is 0.533. The summed E-state index contributed by atoms with van der Waals surface area (Å²) < 4.78 is 12.8. The second-order valence-corrected chi connectivity index (χ2v) is 5.16. The third-order valence-corrected chi connectivity index (χ3v) is 2.80. The number of nitrogens with one attached hydrogen (secondary N) is 2. The summed E-state index contributed by atoms with van der Waals surface area (Å²) in [4.78, 5) is 6.34. The van der Waals surface area contributed by atoms with Crippen LogP contribution in [0.25, 0.3) is 0 Å². The van der Waals surface area contributed by atoms with Gasteiger partial charge in [-0.1, -0.05) is 12.1 Å². The molecule has 1 aromatic rings. The van der Waals surface area contributed by atoms with Crippen molar-refractivity contribution in [3.63, 3.8) is 0 Å². The molecule has 0 fully saturated rings. The van der Waals surface area contributed by atoms with Gasteiger partial charge in [-0.15, -0.1) is 24.0 Å². The molecule has 0 saturated heterocycles. The van der Waals surface area contributed by atoms with Crippen LogP contribution in [0.2, 0.25) is 0 Å². The molecule has 1 rings (SSSR count). The second kappa shape index (κ2) is 10.8. The third-order valence-electron chi connectivity index (χ3n) is 2.80. The minimum absolute atomic E-state index is 0. The van der Waals surface area contributed by atoms with Crippen LogP contribution < -0.4 is 10.6 Å². The predicted octanol–water partition coefficient (Wildman–Crippen LogP) is 2.45. The Morgan fingerprint density at radius 3 is 2.43 bits per heavy atom. The zero-order valence-corrected chi connectivity index (χ0v) is 15.5. The van der Waals surface area contributed by atoms with Crippen molar-refractivity contribution in [2.24, 2.45) is 4.99 Å². The molecule has 21 heavy (non-hydrogen) atoms. The SMILES string of the molecule is CN=C(NCCN(C)Cc1ccc(F)cc1)NC(C)C.I. The number of rotatable bonds is 6. The van der Waals surface area contributed by atoms with Crippen LogP contribution in [0.1, 0.15) is 19.4 Å². The molecule has 4 nitrogen and oxygen atoms in total. The van der Waals surface area contributed by atoms with Crippen molar-refractivity contribution in [1.29, 1.82) is 0 Å². The highest BCUT2D eigenvalue weighted by Gasteiger charge is 2.03. The summed E-state index contributed by atoms with van der Waals surface area (Å²) in [5, 5.41) is 6.50. The lowest BCUT2D eigenvalue weighted by Crippen LogP contribution is -2.43. The summed E-state index contributed by atoms with van der Waals surface area (Å²) >= 11 is 0. The van der Waals surface area contributed by atoms with Crippen molar-refractivity contribution in [3.05, 3.63) is 35.6 Å². The standard InChI is InChI=1S/C15H25FN4.HI/c1-12(2)19-15(17-3)18-9-10-20(4)11-13-5-7-14(16)8-6-13;/h5-8,12H,9-11H2,1-4H3,(H2,17,18,19);1H. The molecule has 0 amide bonds. The van der Waals surface area contributed by atoms with Crippen LogP contribution in [0, 0.1) is 5.82 Å². The number of likely N-dealkylation sites (N-methyl/N-ethyl adjacent to an activating group) is 1. The van der Waals surface area contributed by atoms with Gasteiger partial charge in [0.15, 0.2) is 5.96 Å². The Kier molecular flexibility index (Phi) is 10.3. The molecule has 0 aliphatic heterocycles. The van der Waals surface area contributed by atoms with Gasteiger partial charge in [-0.25, -0.2) is 4.39 Å². The van der Waals surface area contributed by atoms with E-state index in [1.165, 1.54) is 12.1 Å². The molecule has 0 saturated carbocycles. The van der Waals surface area contributed by atoms with E-state index in [4.69, 9.17) is 0 Å². The lowest BCUT2D eigenvalue weighted by Gasteiger charge is -2.19. The van der Waals surface area contributed by atoms with E-state index >= 15 is 0 Å². The van der Waals surface area contributed by atoms with E-state index in [9.17, 15) is 4.39 Å². The molecule has 0 aromatic heterocycles. The molecule has 0 bridgehead atoms. The van der Waals surface area contributed by atoms with Crippen molar-refractivity contribution in [2.75, 3.05) is 27.2 Å². The summed E-state index contributed by atoms with van der Waals surface area (Å²) in [5.41, 5.74) is 1.11. The molecular weight excluding hydrogens is 382 g/mol. The van der Waals surface area contributed by atoms with Crippen molar-refractivity contribution in [3.8, 4) is 0 Å². The van der Waals surface area contributed by atoms with Gasteiger partial charge in [0.05, 0.1) is 0 Å². The lowest BCUT2D eigenvalue weighted by molar-refractivity contribution is 0.331. The van der Waals surface area contributed by atoms with E-state index < -0.39 is 0 Å². The molecule has 0 aliphatic carbocycles. The Hall–Kier alpha value is -0.890. The van der Waals surface area contributed by atoms with Gasteiger partial charge in [0, 0.05) is 32.7 Å². The van der Waals surface area contributed by atoms with Crippen LogP contribution in [-0.2, 0) is 6.54 Å². The summed E-state index contributed by atoms with van der Waals surface area (Å²) in [7, 11) is 3.81. The van der Waals surface area contributed by atoms with Crippen molar-refractivity contribution in [1.82, 2.24) is 15.5 Å². The smallest absolute Gasteiger partial charge is 0.191 e. The van der Waals surface area contributed by atoms with E-state index in [0.29, 0.717) is 6.04 Å². The molecule has 2 N–H and O–H groups in total. The van der Waals surface area contributed by atoms with Gasteiger partial charge in [0.1, 0.15) is 5.82 Å². The molecule has 0 unspecified atom stereocenters. The summed E-state index contributed by atoms with van der Waals surface area (Å²) in [6, 6.07) is 6.99. The Labute approximate surface area is 144 Å². The van der Waals surface area contributed by atoms with E-state index in [-0.39, 0.29) is 29.8 Å². The molecule has 120 valence electrons. The van der Waals surface area contributed by atoms with Crippen molar-refractivity contribution in [2.45, 2.75) is 26.4 Å². The maximum absolute atomic E-state index is 12.8. The zero-order valence-electron chi connectivity index (χ0n) is 13.2. The summed E-state index contributed by atoms with van der Waals surface area (Å²) in [6.07, 6.45) is 0. The van der Waals surface area contributed by atoms with Crippen LogP contribution >= 0.6 is 24.0 Å². The van der Waals surface area contributed by atoms with Gasteiger partial charge in [0.25, 0.3) is 0 Å². The normalized spacial score (nSPS) is 11.5. The molecule has 0 heterocycles. The second-order valence-electron chi connectivity index (χ2n) is 5.16. The molecule has 0 radical (unpaired) electrons. The summed E-state index contributed by atoms with van der Waals surface area (Å²) in [5.74, 6) is 0.622. The maximum atomic E-state index is 12.8. The van der Waals surface area contributed by atoms with Crippen LogP contribution in [0.5, 0.6) is 0 Å². The highest BCUT2D eigenvalue weighted by atomic mass is 127. The number of hydrogen-bond donors (Lipinski definition) is 2. The number of nitrogens with zero attached hydrogens (tertiary/aromatic N) is 2. The fourth-order valence-electron chi connectivity index (χ4n) is 1.81. The maximum Gasteiger partial charge on any atom is 0.191 e. The molecule has 0 spiro atoms. The molecular formula is C15H26FIN4. The number of halogens is 2. The van der Waals surface area contributed by atoms with Gasteiger partial charge >= 0.3 is 0 Å².